The molecule has 0 amide bonds. The van der Waals surface area contributed by atoms with E-state index in [0.29, 0.717) is 17.0 Å². The fraction of sp³-hybridized carbons (Fsp3) is 0.136. The maximum Gasteiger partial charge on any atom is 0.341 e. The van der Waals surface area contributed by atoms with Gasteiger partial charge >= 0.3 is 5.97 Å². The van der Waals surface area contributed by atoms with Crippen molar-refractivity contribution in [2.24, 2.45) is 0 Å². The van der Waals surface area contributed by atoms with Crippen LogP contribution in [0.3, 0.4) is 0 Å². The van der Waals surface area contributed by atoms with Gasteiger partial charge in [0.15, 0.2) is 0 Å². The smallest absolute Gasteiger partial charge is 0.341 e. The van der Waals surface area contributed by atoms with E-state index in [1.54, 1.807) is 12.1 Å². The largest absolute Gasteiger partial charge is 0.477 e. The van der Waals surface area contributed by atoms with Gasteiger partial charge in [0.1, 0.15) is 17.2 Å². The second kappa shape index (κ2) is 7.48. The summed E-state index contributed by atoms with van der Waals surface area (Å²) in [6, 6.07) is 19.7. The first kappa shape index (κ1) is 17.8. The first-order chi connectivity index (χ1) is 12.5. The first-order valence-electron chi connectivity index (χ1n) is 8.32. The molecule has 0 spiro atoms. The Bertz CT molecular complexity index is 896. The molecule has 3 aromatic carbocycles. The van der Waals surface area contributed by atoms with Crippen molar-refractivity contribution >= 4 is 5.97 Å². The number of halogens is 2. The number of hydrogen-bond acceptors (Lipinski definition) is 1. The second-order valence-corrected chi connectivity index (χ2v) is 6.33. The number of carbonyl (C=O) groups is 1. The van der Waals surface area contributed by atoms with Crippen LogP contribution in [0.2, 0.25) is 0 Å². The number of carboxylic acids is 1. The van der Waals surface area contributed by atoms with E-state index in [4.69, 9.17) is 5.11 Å². The normalized spacial score (nSPS) is 12.0. The van der Waals surface area contributed by atoms with Crippen LogP contribution in [0.4, 0.5) is 8.78 Å². The summed E-state index contributed by atoms with van der Waals surface area (Å²) in [4.78, 5) is 10.9. The van der Waals surface area contributed by atoms with E-state index >= 15 is 0 Å². The van der Waals surface area contributed by atoms with Crippen LogP contribution in [0.25, 0.3) is 11.1 Å². The van der Waals surface area contributed by atoms with E-state index in [0.717, 1.165) is 24.1 Å². The van der Waals surface area contributed by atoms with Crippen molar-refractivity contribution in [2.75, 3.05) is 0 Å². The molecule has 0 aliphatic heterocycles. The summed E-state index contributed by atoms with van der Waals surface area (Å²) in [6.45, 7) is 2.15. The van der Waals surface area contributed by atoms with Crippen molar-refractivity contribution < 1.29 is 18.7 Å². The molecule has 3 rings (SSSR count). The zero-order valence-corrected chi connectivity index (χ0v) is 14.2. The van der Waals surface area contributed by atoms with E-state index in [1.165, 1.54) is 5.56 Å². The van der Waals surface area contributed by atoms with Crippen LogP contribution in [0.5, 0.6) is 0 Å². The van der Waals surface area contributed by atoms with E-state index in [1.807, 2.05) is 30.3 Å². The summed E-state index contributed by atoms with van der Waals surface area (Å²) in [5.74, 6) is -3.41. The van der Waals surface area contributed by atoms with Crippen molar-refractivity contribution in [3.8, 4) is 11.1 Å². The Morgan fingerprint density at radius 1 is 0.923 bits per heavy atom. The lowest BCUT2D eigenvalue weighted by Gasteiger charge is -2.12. The van der Waals surface area contributed by atoms with Gasteiger partial charge in [-0.1, -0.05) is 61.5 Å². The highest BCUT2D eigenvalue weighted by molar-refractivity contribution is 5.89. The van der Waals surface area contributed by atoms with Gasteiger partial charge in [-0.15, -0.1) is 0 Å². The minimum absolute atomic E-state index is 0.313. The summed E-state index contributed by atoms with van der Waals surface area (Å²) < 4.78 is 27.7. The number of hydrogen-bond donors (Lipinski definition) is 1. The first-order valence-corrected chi connectivity index (χ1v) is 8.32. The number of benzene rings is 3. The molecule has 3 aromatic rings. The van der Waals surface area contributed by atoms with Crippen molar-refractivity contribution in [3.05, 3.63) is 95.1 Å². The van der Waals surface area contributed by atoms with Gasteiger partial charge in [-0.2, -0.15) is 0 Å². The molecular weight excluding hydrogens is 334 g/mol. The molecule has 0 heterocycles. The second-order valence-electron chi connectivity index (χ2n) is 6.33. The van der Waals surface area contributed by atoms with Crippen molar-refractivity contribution in [1.82, 2.24) is 0 Å². The van der Waals surface area contributed by atoms with Crippen LogP contribution in [0.1, 0.15) is 34.3 Å². The average Bonchev–Trinajstić information content (AvgIpc) is 2.62. The van der Waals surface area contributed by atoms with Gasteiger partial charge in [0, 0.05) is 0 Å². The van der Waals surface area contributed by atoms with E-state index in [9.17, 15) is 13.6 Å². The molecule has 0 unspecified atom stereocenters. The fourth-order valence-electron chi connectivity index (χ4n) is 3.03. The van der Waals surface area contributed by atoms with Crippen molar-refractivity contribution in [2.45, 2.75) is 19.3 Å². The Labute approximate surface area is 150 Å². The number of aromatic carboxylic acids is 1. The maximum absolute atomic E-state index is 13.9. The molecule has 132 valence electrons. The van der Waals surface area contributed by atoms with E-state index in [-0.39, 0.29) is 0 Å². The highest BCUT2D eigenvalue weighted by Crippen LogP contribution is 2.26. The Morgan fingerprint density at radius 2 is 1.50 bits per heavy atom. The van der Waals surface area contributed by atoms with Gasteiger partial charge in [0.05, 0.1) is 0 Å². The van der Waals surface area contributed by atoms with Crippen molar-refractivity contribution in [3.63, 3.8) is 0 Å². The summed E-state index contributed by atoms with van der Waals surface area (Å²) in [6.07, 6.45) is 0.852. The molecule has 0 saturated heterocycles. The molecule has 0 saturated carbocycles. The molecule has 0 aliphatic rings. The Morgan fingerprint density at radius 3 is 2.04 bits per heavy atom. The summed E-state index contributed by atoms with van der Waals surface area (Å²) >= 11 is 0. The minimum atomic E-state index is -1.61. The maximum atomic E-state index is 13.9. The van der Waals surface area contributed by atoms with Crippen LogP contribution < -0.4 is 0 Å². The molecule has 1 N–H and O–H groups in total. The van der Waals surface area contributed by atoms with E-state index in [2.05, 4.69) is 19.1 Å². The van der Waals surface area contributed by atoms with Crippen LogP contribution in [0, 0.1) is 11.6 Å². The highest BCUT2D eigenvalue weighted by Gasteiger charge is 2.18. The molecule has 26 heavy (non-hydrogen) atoms. The van der Waals surface area contributed by atoms with Gasteiger partial charge in [-0.05, 0) is 46.7 Å². The number of rotatable bonds is 5. The van der Waals surface area contributed by atoms with Crippen LogP contribution in [-0.2, 0) is 6.42 Å². The molecule has 0 aliphatic carbocycles. The summed E-state index contributed by atoms with van der Waals surface area (Å²) in [5.41, 5.74) is 2.39. The average molecular weight is 352 g/mol. The fourth-order valence-corrected chi connectivity index (χ4v) is 3.03. The molecule has 4 heteroatoms. The lowest BCUT2D eigenvalue weighted by molar-refractivity contribution is 0.0686. The standard InChI is InChI=1S/C22H18F2O2/c1-14(16-5-3-2-4-6-16)11-15-7-9-17(10-8-15)18-12-19(23)21(22(25)26)20(24)13-18/h2-10,12-14H,11H2,1H3,(H,25,26)/t14-/m1/s1. The predicted octanol–water partition coefficient (Wildman–Crippen LogP) is 5.68. The predicted molar refractivity (Wildman–Crippen MR) is 97.3 cm³/mol. The van der Waals surface area contributed by atoms with Gasteiger partial charge in [0.25, 0.3) is 0 Å². The quantitative estimate of drug-likeness (QED) is 0.642. The van der Waals surface area contributed by atoms with E-state index < -0.39 is 23.2 Å². The third kappa shape index (κ3) is 3.80. The van der Waals surface area contributed by atoms with Crippen LogP contribution in [0.15, 0.2) is 66.7 Å². The van der Waals surface area contributed by atoms with Crippen LogP contribution in [-0.4, -0.2) is 11.1 Å². The monoisotopic (exact) mass is 352 g/mol. The highest BCUT2D eigenvalue weighted by atomic mass is 19.1. The Balaban J connectivity index is 1.81. The van der Waals surface area contributed by atoms with Gasteiger partial charge in [0.2, 0.25) is 0 Å². The molecular formula is C22H18F2O2. The summed E-state index contributed by atoms with van der Waals surface area (Å²) in [7, 11) is 0. The molecule has 2 nitrogen and oxygen atoms in total. The van der Waals surface area contributed by atoms with Crippen LogP contribution >= 0.6 is 0 Å². The van der Waals surface area contributed by atoms with Gasteiger partial charge < -0.3 is 5.11 Å². The lowest BCUT2D eigenvalue weighted by Crippen LogP contribution is -2.04. The molecule has 1 atom stereocenters. The zero-order valence-electron chi connectivity index (χ0n) is 14.2. The zero-order chi connectivity index (χ0) is 18.7. The molecule has 0 aromatic heterocycles. The van der Waals surface area contributed by atoms with Crippen molar-refractivity contribution in [1.29, 1.82) is 0 Å². The molecule has 0 radical (unpaired) electrons. The van der Waals surface area contributed by atoms with Gasteiger partial charge in [-0.3, -0.25) is 0 Å². The lowest BCUT2D eigenvalue weighted by atomic mass is 9.93. The number of carboxylic acid groups (broad SMARTS) is 1. The minimum Gasteiger partial charge on any atom is -0.477 e. The Kier molecular flexibility index (Phi) is 5.12. The Hall–Kier alpha value is -3.01. The SMILES string of the molecule is C[C@H](Cc1ccc(-c2cc(F)c(C(=O)O)c(F)c2)cc1)c1ccccc1. The third-order valence-corrected chi connectivity index (χ3v) is 4.45. The van der Waals surface area contributed by atoms with Gasteiger partial charge in [-0.25, -0.2) is 13.6 Å². The molecule has 0 bridgehead atoms. The third-order valence-electron chi connectivity index (χ3n) is 4.45. The summed E-state index contributed by atoms with van der Waals surface area (Å²) in [5, 5.41) is 8.84. The molecule has 0 fully saturated rings. The topological polar surface area (TPSA) is 37.3 Å².